The zero-order chi connectivity index (χ0) is 20.7. The molecule has 0 aliphatic carbocycles. The van der Waals surface area contributed by atoms with E-state index in [9.17, 15) is 19.5 Å². The summed E-state index contributed by atoms with van der Waals surface area (Å²) in [5, 5.41) is 14.9. The van der Waals surface area contributed by atoms with E-state index >= 15 is 0 Å². The largest absolute Gasteiger partial charge is 0.480 e. The van der Waals surface area contributed by atoms with Crippen molar-refractivity contribution in [2.75, 3.05) is 0 Å². The minimum absolute atomic E-state index is 0.0666. The molecule has 0 spiro atoms. The number of benzene rings is 2. The average molecular weight is 401 g/mol. The lowest BCUT2D eigenvalue weighted by atomic mass is 10.0. The molecule has 0 aromatic heterocycles. The Morgan fingerprint density at radius 1 is 1.00 bits per heavy atom. The Labute approximate surface area is 168 Å². The van der Waals surface area contributed by atoms with Gasteiger partial charge in [-0.05, 0) is 41.8 Å². The molecule has 0 heterocycles. The molecule has 2 aromatic rings. The summed E-state index contributed by atoms with van der Waals surface area (Å²) in [6, 6.07) is 14.0. The molecule has 7 heteroatoms. The van der Waals surface area contributed by atoms with E-state index in [1.54, 1.807) is 68.4 Å². The summed E-state index contributed by atoms with van der Waals surface area (Å²) in [4.78, 5) is 36.6. The number of halogens is 1. The highest BCUT2D eigenvalue weighted by atomic mass is 35.5. The highest BCUT2D eigenvalue weighted by Gasteiger charge is 2.25. The van der Waals surface area contributed by atoms with Crippen molar-refractivity contribution in [2.24, 2.45) is 5.92 Å². The Bertz CT molecular complexity index is 877. The van der Waals surface area contributed by atoms with E-state index in [4.69, 9.17) is 11.6 Å². The molecule has 0 aliphatic rings. The van der Waals surface area contributed by atoms with E-state index in [0.717, 1.165) is 0 Å². The first-order valence-corrected chi connectivity index (χ1v) is 9.03. The van der Waals surface area contributed by atoms with Crippen molar-refractivity contribution in [3.63, 3.8) is 0 Å². The zero-order valence-electron chi connectivity index (χ0n) is 15.5. The van der Waals surface area contributed by atoms with E-state index in [1.807, 2.05) is 0 Å². The van der Waals surface area contributed by atoms with Gasteiger partial charge in [-0.25, -0.2) is 4.79 Å². The maximum atomic E-state index is 12.7. The van der Waals surface area contributed by atoms with Crippen LogP contribution < -0.4 is 10.6 Å². The first-order chi connectivity index (χ1) is 13.3. The molecule has 0 unspecified atom stereocenters. The number of rotatable bonds is 7. The first-order valence-electron chi connectivity index (χ1n) is 8.65. The van der Waals surface area contributed by atoms with Gasteiger partial charge in [0.1, 0.15) is 11.7 Å². The van der Waals surface area contributed by atoms with Crippen LogP contribution in [0.4, 0.5) is 0 Å². The standard InChI is InChI=1S/C21H21ClN2O4/c1-13(2)18(21(27)28)24-20(26)17(12-14-8-10-16(22)11-9-14)23-19(25)15-6-4-3-5-7-15/h3-13,18H,1-2H3,(H,23,25)(H,24,26)(H,27,28)/b17-12-/t18-/m1/s1. The number of hydrogen-bond donors (Lipinski definition) is 3. The molecule has 0 fully saturated rings. The number of nitrogens with one attached hydrogen (secondary N) is 2. The molecule has 6 nitrogen and oxygen atoms in total. The lowest BCUT2D eigenvalue weighted by Gasteiger charge is -2.19. The van der Waals surface area contributed by atoms with Crippen LogP contribution in [0.5, 0.6) is 0 Å². The van der Waals surface area contributed by atoms with Crippen molar-refractivity contribution >= 4 is 35.5 Å². The van der Waals surface area contributed by atoms with Crippen LogP contribution in [0.2, 0.25) is 5.02 Å². The summed E-state index contributed by atoms with van der Waals surface area (Å²) in [5.41, 5.74) is 0.929. The van der Waals surface area contributed by atoms with Gasteiger partial charge in [-0.1, -0.05) is 55.8 Å². The van der Waals surface area contributed by atoms with Crippen LogP contribution in [0, 0.1) is 5.92 Å². The second-order valence-electron chi connectivity index (χ2n) is 6.46. The fourth-order valence-corrected chi connectivity index (χ4v) is 2.53. The smallest absolute Gasteiger partial charge is 0.326 e. The molecule has 2 aromatic carbocycles. The summed E-state index contributed by atoms with van der Waals surface area (Å²) in [6.07, 6.45) is 1.46. The van der Waals surface area contributed by atoms with E-state index in [-0.39, 0.29) is 11.6 Å². The van der Waals surface area contributed by atoms with E-state index in [1.165, 1.54) is 6.08 Å². The van der Waals surface area contributed by atoms with E-state index in [0.29, 0.717) is 16.1 Å². The molecule has 0 saturated heterocycles. The molecule has 3 N–H and O–H groups in total. The molecular weight excluding hydrogens is 380 g/mol. The summed E-state index contributed by atoms with van der Waals surface area (Å²) in [7, 11) is 0. The van der Waals surface area contributed by atoms with Crippen molar-refractivity contribution in [3.05, 3.63) is 76.4 Å². The second kappa shape index (κ2) is 9.71. The topological polar surface area (TPSA) is 95.5 Å². The minimum Gasteiger partial charge on any atom is -0.480 e. The van der Waals surface area contributed by atoms with Gasteiger partial charge >= 0.3 is 5.97 Å². The average Bonchev–Trinajstić information content (AvgIpc) is 2.67. The van der Waals surface area contributed by atoms with Crippen molar-refractivity contribution < 1.29 is 19.5 Å². The van der Waals surface area contributed by atoms with Crippen LogP contribution in [0.1, 0.15) is 29.8 Å². The van der Waals surface area contributed by atoms with Gasteiger partial charge in [0.25, 0.3) is 11.8 Å². The maximum Gasteiger partial charge on any atom is 0.326 e. The maximum absolute atomic E-state index is 12.7. The van der Waals surface area contributed by atoms with Crippen molar-refractivity contribution in [2.45, 2.75) is 19.9 Å². The minimum atomic E-state index is -1.15. The Morgan fingerprint density at radius 3 is 2.14 bits per heavy atom. The van der Waals surface area contributed by atoms with Gasteiger partial charge < -0.3 is 15.7 Å². The summed E-state index contributed by atoms with van der Waals surface area (Å²) in [6.45, 7) is 3.37. The highest BCUT2D eigenvalue weighted by molar-refractivity contribution is 6.30. The number of amides is 2. The molecule has 0 bridgehead atoms. The molecule has 0 radical (unpaired) electrons. The monoisotopic (exact) mass is 400 g/mol. The Hall–Kier alpha value is -3.12. The van der Waals surface area contributed by atoms with Crippen LogP contribution in [0.15, 0.2) is 60.3 Å². The van der Waals surface area contributed by atoms with Crippen LogP contribution in [0.3, 0.4) is 0 Å². The third kappa shape index (κ3) is 5.96. The van der Waals surface area contributed by atoms with Crippen LogP contribution in [-0.4, -0.2) is 28.9 Å². The van der Waals surface area contributed by atoms with Gasteiger partial charge in [-0.3, -0.25) is 9.59 Å². The first kappa shape index (κ1) is 21.2. The summed E-state index contributed by atoms with van der Waals surface area (Å²) < 4.78 is 0. The predicted octanol–water partition coefficient (Wildman–Crippen LogP) is 3.34. The zero-order valence-corrected chi connectivity index (χ0v) is 16.2. The lowest BCUT2D eigenvalue weighted by Crippen LogP contribution is -2.47. The van der Waals surface area contributed by atoms with Gasteiger partial charge in [0.05, 0.1) is 0 Å². The van der Waals surface area contributed by atoms with Crippen molar-refractivity contribution in [3.8, 4) is 0 Å². The van der Waals surface area contributed by atoms with Gasteiger partial charge in [0.15, 0.2) is 0 Å². The Kier molecular flexibility index (Phi) is 7.35. The van der Waals surface area contributed by atoms with Crippen LogP contribution in [0.25, 0.3) is 6.08 Å². The molecular formula is C21H21ClN2O4. The van der Waals surface area contributed by atoms with Crippen molar-refractivity contribution in [1.29, 1.82) is 0 Å². The SMILES string of the molecule is CC(C)[C@@H](NC(=O)/C(=C/c1ccc(Cl)cc1)NC(=O)c1ccccc1)C(=O)O. The van der Waals surface area contributed by atoms with Crippen LogP contribution in [-0.2, 0) is 9.59 Å². The fraction of sp³-hybridized carbons (Fsp3) is 0.190. The molecule has 2 amide bonds. The number of aliphatic carboxylic acids is 1. The Balaban J connectivity index is 2.32. The molecule has 146 valence electrons. The third-order valence-corrected chi connectivity index (χ3v) is 4.18. The van der Waals surface area contributed by atoms with Crippen molar-refractivity contribution in [1.82, 2.24) is 10.6 Å². The number of carbonyl (C=O) groups excluding carboxylic acids is 2. The normalized spacial score (nSPS) is 12.4. The number of carboxylic acids is 1. The fourth-order valence-electron chi connectivity index (χ4n) is 2.40. The van der Waals surface area contributed by atoms with Gasteiger partial charge in [0.2, 0.25) is 0 Å². The van der Waals surface area contributed by atoms with Gasteiger partial charge in [0, 0.05) is 10.6 Å². The molecule has 0 aliphatic heterocycles. The lowest BCUT2D eigenvalue weighted by molar-refractivity contribution is -0.142. The second-order valence-corrected chi connectivity index (χ2v) is 6.90. The quantitative estimate of drug-likeness (QED) is 0.621. The number of carboxylic acid groups (broad SMARTS) is 1. The number of carbonyl (C=O) groups is 3. The molecule has 1 atom stereocenters. The molecule has 28 heavy (non-hydrogen) atoms. The predicted molar refractivity (Wildman–Crippen MR) is 108 cm³/mol. The Morgan fingerprint density at radius 2 is 1.61 bits per heavy atom. The summed E-state index contributed by atoms with van der Waals surface area (Å²) >= 11 is 5.88. The van der Waals surface area contributed by atoms with E-state index < -0.39 is 23.8 Å². The molecule has 0 saturated carbocycles. The molecule has 2 rings (SSSR count). The third-order valence-electron chi connectivity index (χ3n) is 3.93. The van der Waals surface area contributed by atoms with Gasteiger partial charge in [-0.15, -0.1) is 0 Å². The van der Waals surface area contributed by atoms with Gasteiger partial charge in [-0.2, -0.15) is 0 Å². The van der Waals surface area contributed by atoms with E-state index in [2.05, 4.69) is 10.6 Å². The van der Waals surface area contributed by atoms with Crippen LogP contribution >= 0.6 is 11.6 Å². The summed E-state index contributed by atoms with van der Waals surface area (Å²) in [5.74, 6) is -2.65. The highest BCUT2D eigenvalue weighted by Crippen LogP contribution is 2.13. The number of hydrogen-bond acceptors (Lipinski definition) is 3.